The van der Waals surface area contributed by atoms with E-state index in [0.29, 0.717) is 6.54 Å². The number of carbonyl (C=O) groups is 1. The number of nitrogens with one attached hydrogen (secondary N) is 1. The smallest absolute Gasteiger partial charge is 0.251 e. The average molecular weight is 261 g/mol. The highest BCUT2D eigenvalue weighted by molar-refractivity contribution is 5.84. The molecule has 0 heterocycles. The highest BCUT2D eigenvalue weighted by Crippen LogP contribution is 2.08. The Hall–Kier alpha value is -1.83. The number of hydrogen-bond donors (Lipinski definition) is 2. The van der Waals surface area contributed by atoms with E-state index in [2.05, 4.69) is 17.2 Å². The summed E-state index contributed by atoms with van der Waals surface area (Å²) in [6.45, 7) is 3.68. The van der Waals surface area contributed by atoms with Crippen LogP contribution in [-0.2, 0) is 16.1 Å². The SMILES string of the molecule is COC(C)(C)C(=O)NCc1cccc(C#CCO)c1. The number of benzene rings is 1. The molecule has 2 N–H and O–H groups in total. The maximum absolute atomic E-state index is 11.8. The van der Waals surface area contributed by atoms with Gasteiger partial charge >= 0.3 is 0 Å². The van der Waals surface area contributed by atoms with Gasteiger partial charge in [0.05, 0.1) is 0 Å². The summed E-state index contributed by atoms with van der Waals surface area (Å²) in [6.07, 6.45) is 0. The minimum atomic E-state index is -0.839. The van der Waals surface area contributed by atoms with Crippen molar-refractivity contribution in [1.29, 1.82) is 0 Å². The van der Waals surface area contributed by atoms with Crippen LogP contribution in [0.15, 0.2) is 24.3 Å². The van der Waals surface area contributed by atoms with Crippen LogP contribution in [0.2, 0.25) is 0 Å². The van der Waals surface area contributed by atoms with E-state index in [1.807, 2.05) is 24.3 Å². The lowest BCUT2D eigenvalue weighted by Crippen LogP contribution is -2.43. The van der Waals surface area contributed by atoms with Crippen LogP contribution < -0.4 is 5.32 Å². The highest BCUT2D eigenvalue weighted by atomic mass is 16.5. The van der Waals surface area contributed by atoms with Gasteiger partial charge in [-0.25, -0.2) is 0 Å². The first-order valence-corrected chi connectivity index (χ1v) is 6.01. The first-order chi connectivity index (χ1) is 8.99. The first-order valence-electron chi connectivity index (χ1n) is 6.01. The van der Waals surface area contributed by atoms with Gasteiger partial charge in [-0.05, 0) is 31.5 Å². The Morgan fingerprint density at radius 3 is 2.84 bits per heavy atom. The predicted molar refractivity (Wildman–Crippen MR) is 73.3 cm³/mol. The second-order valence-corrected chi connectivity index (χ2v) is 4.56. The Morgan fingerprint density at radius 1 is 1.47 bits per heavy atom. The van der Waals surface area contributed by atoms with E-state index in [1.165, 1.54) is 7.11 Å². The summed E-state index contributed by atoms with van der Waals surface area (Å²) in [4.78, 5) is 11.8. The standard InChI is InChI=1S/C15H19NO3/c1-15(2,19-3)14(18)16-11-13-7-4-6-12(10-13)8-5-9-17/h4,6-7,10,17H,9,11H2,1-3H3,(H,16,18). The molecule has 0 saturated heterocycles. The molecule has 0 atom stereocenters. The van der Waals surface area contributed by atoms with Crippen LogP contribution in [0.4, 0.5) is 0 Å². The van der Waals surface area contributed by atoms with Crippen molar-refractivity contribution in [2.75, 3.05) is 13.7 Å². The van der Waals surface area contributed by atoms with Gasteiger partial charge < -0.3 is 15.2 Å². The van der Waals surface area contributed by atoms with Crippen LogP contribution in [0.25, 0.3) is 0 Å². The lowest BCUT2D eigenvalue weighted by Gasteiger charge is -2.21. The zero-order valence-electron chi connectivity index (χ0n) is 11.5. The quantitative estimate of drug-likeness (QED) is 0.797. The van der Waals surface area contributed by atoms with Gasteiger partial charge in [0.25, 0.3) is 5.91 Å². The molecule has 19 heavy (non-hydrogen) atoms. The molecule has 1 amide bonds. The molecular formula is C15H19NO3. The molecular weight excluding hydrogens is 242 g/mol. The molecule has 0 fully saturated rings. The summed E-state index contributed by atoms with van der Waals surface area (Å²) in [6, 6.07) is 7.50. The summed E-state index contributed by atoms with van der Waals surface area (Å²) in [5, 5.41) is 11.5. The third-order valence-corrected chi connectivity index (χ3v) is 2.75. The van der Waals surface area contributed by atoms with Gasteiger partial charge in [-0.1, -0.05) is 24.0 Å². The van der Waals surface area contributed by atoms with Crippen LogP contribution in [-0.4, -0.2) is 30.3 Å². The van der Waals surface area contributed by atoms with Crippen molar-refractivity contribution in [3.63, 3.8) is 0 Å². The summed E-state index contributed by atoms with van der Waals surface area (Å²) >= 11 is 0. The Labute approximate surface area is 113 Å². The Morgan fingerprint density at radius 2 is 2.21 bits per heavy atom. The van der Waals surface area contributed by atoms with Crippen molar-refractivity contribution < 1.29 is 14.6 Å². The molecule has 0 aliphatic heterocycles. The molecule has 1 aromatic rings. The first kappa shape index (κ1) is 15.2. The van der Waals surface area contributed by atoms with Crippen molar-refractivity contribution in [1.82, 2.24) is 5.32 Å². The molecule has 0 spiro atoms. The van der Waals surface area contributed by atoms with Gasteiger partial charge in [-0.15, -0.1) is 0 Å². The van der Waals surface area contributed by atoms with E-state index >= 15 is 0 Å². The fourth-order valence-corrected chi connectivity index (χ4v) is 1.39. The van der Waals surface area contributed by atoms with Crippen LogP contribution in [0.5, 0.6) is 0 Å². The molecule has 102 valence electrons. The topological polar surface area (TPSA) is 58.6 Å². The second kappa shape index (κ2) is 6.93. The third kappa shape index (κ3) is 4.74. The molecule has 0 bridgehead atoms. The number of ether oxygens (including phenoxy) is 1. The highest BCUT2D eigenvalue weighted by Gasteiger charge is 2.26. The fraction of sp³-hybridized carbons (Fsp3) is 0.400. The zero-order valence-corrected chi connectivity index (χ0v) is 11.5. The van der Waals surface area contributed by atoms with E-state index in [9.17, 15) is 4.79 Å². The Bertz CT molecular complexity index is 498. The summed E-state index contributed by atoms with van der Waals surface area (Å²) < 4.78 is 5.10. The van der Waals surface area contributed by atoms with Crippen molar-refractivity contribution in [3.05, 3.63) is 35.4 Å². The van der Waals surface area contributed by atoms with Crippen molar-refractivity contribution in [2.24, 2.45) is 0 Å². The number of aliphatic hydroxyl groups is 1. The predicted octanol–water partition coefficient (Wildman–Crippen LogP) is 1.07. The molecule has 1 aromatic carbocycles. The summed E-state index contributed by atoms with van der Waals surface area (Å²) in [5.41, 5.74) is 0.922. The van der Waals surface area contributed by atoms with E-state index in [1.54, 1.807) is 13.8 Å². The average Bonchev–Trinajstić information content (AvgIpc) is 2.42. The maximum Gasteiger partial charge on any atom is 0.251 e. The zero-order chi connectivity index (χ0) is 14.3. The second-order valence-electron chi connectivity index (χ2n) is 4.56. The number of hydrogen-bond acceptors (Lipinski definition) is 3. The number of aliphatic hydroxyl groups excluding tert-OH is 1. The van der Waals surface area contributed by atoms with Crippen molar-refractivity contribution >= 4 is 5.91 Å². The van der Waals surface area contributed by atoms with Gasteiger partial charge in [0, 0.05) is 19.2 Å². The molecule has 4 nitrogen and oxygen atoms in total. The summed E-state index contributed by atoms with van der Waals surface area (Å²) in [5.74, 6) is 5.25. The minimum Gasteiger partial charge on any atom is -0.384 e. The van der Waals surface area contributed by atoms with E-state index < -0.39 is 5.60 Å². The molecule has 0 unspecified atom stereocenters. The normalized spacial score (nSPS) is 10.5. The number of amides is 1. The van der Waals surface area contributed by atoms with Gasteiger partial charge in [0.15, 0.2) is 0 Å². The third-order valence-electron chi connectivity index (χ3n) is 2.75. The minimum absolute atomic E-state index is 0.164. The van der Waals surface area contributed by atoms with Gasteiger partial charge in [0.1, 0.15) is 12.2 Å². The van der Waals surface area contributed by atoms with Crippen LogP contribution in [0.1, 0.15) is 25.0 Å². The lowest BCUT2D eigenvalue weighted by atomic mass is 10.1. The molecule has 1 rings (SSSR count). The summed E-state index contributed by atoms with van der Waals surface area (Å²) in [7, 11) is 1.50. The number of methoxy groups -OCH3 is 1. The largest absolute Gasteiger partial charge is 0.384 e. The molecule has 0 saturated carbocycles. The molecule has 4 heteroatoms. The Kier molecular flexibility index (Phi) is 5.56. The van der Waals surface area contributed by atoms with Crippen LogP contribution in [0, 0.1) is 11.8 Å². The van der Waals surface area contributed by atoms with Crippen molar-refractivity contribution in [2.45, 2.75) is 26.0 Å². The molecule has 0 radical (unpaired) electrons. The molecule has 0 aromatic heterocycles. The van der Waals surface area contributed by atoms with Crippen LogP contribution in [0.3, 0.4) is 0 Å². The number of carbonyl (C=O) groups excluding carboxylic acids is 1. The fourth-order valence-electron chi connectivity index (χ4n) is 1.39. The van der Waals surface area contributed by atoms with E-state index in [-0.39, 0.29) is 12.5 Å². The van der Waals surface area contributed by atoms with Gasteiger partial charge in [-0.2, -0.15) is 0 Å². The molecule has 0 aliphatic carbocycles. The van der Waals surface area contributed by atoms with Crippen LogP contribution >= 0.6 is 0 Å². The Balaban J connectivity index is 2.66. The maximum atomic E-state index is 11.8. The van der Waals surface area contributed by atoms with Gasteiger partial charge in [-0.3, -0.25) is 4.79 Å². The lowest BCUT2D eigenvalue weighted by molar-refractivity contribution is -0.139. The van der Waals surface area contributed by atoms with E-state index in [0.717, 1.165) is 11.1 Å². The number of rotatable bonds is 4. The molecule has 0 aliphatic rings. The van der Waals surface area contributed by atoms with E-state index in [4.69, 9.17) is 9.84 Å². The monoisotopic (exact) mass is 261 g/mol. The van der Waals surface area contributed by atoms with Crippen molar-refractivity contribution in [3.8, 4) is 11.8 Å². The van der Waals surface area contributed by atoms with Gasteiger partial charge in [0.2, 0.25) is 0 Å².